The van der Waals surface area contributed by atoms with E-state index in [4.69, 9.17) is 4.74 Å². The van der Waals surface area contributed by atoms with Crippen LogP contribution in [0.4, 0.5) is 14.7 Å². The van der Waals surface area contributed by atoms with Gasteiger partial charge in [-0.25, -0.2) is 18.4 Å². The number of rotatable bonds is 8. The predicted molar refractivity (Wildman–Crippen MR) is 140 cm³/mol. The van der Waals surface area contributed by atoms with Gasteiger partial charge in [0.05, 0.1) is 18.8 Å². The Labute approximate surface area is 229 Å². The van der Waals surface area contributed by atoms with Gasteiger partial charge in [-0.3, -0.25) is 9.36 Å². The fourth-order valence-corrected chi connectivity index (χ4v) is 7.04. The molecule has 1 aliphatic carbocycles. The highest BCUT2D eigenvalue weighted by Crippen LogP contribution is 2.40. The Morgan fingerprint density at radius 1 is 1.23 bits per heavy atom. The van der Waals surface area contributed by atoms with Gasteiger partial charge in [0, 0.05) is 36.9 Å². The van der Waals surface area contributed by atoms with Gasteiger partial charge in [-0.1, -0.05) is 0 Å². The number of anilines is 1. The van der Waals surface area contributed by atoms with Crippen LogP contribution in [0.25, 0.3) is 11.0 Å². The van der Waals surface area contributed by atoms with Crippen molar-refractivity contribution in [3.8, 4) is 11.6 Å². The molecule has 12 nitrogen and oxygen atoms in total. The van der Waals surface area contributed by atoms with Gasteiger partial charge in [-0.2, -0.15) is 18.1 Å². The lowest BCUT2D eigenvalue weighted by molar-refractivity contribution is -0.0513. The Morgan fingerprint density at radius 2 is 1.98 bits per heavy atom. The summed E-state index contributed by atoms with van der Waals surface area (Å²) in [6, 6.07) is 3.30. The van der Waals surface area contributed by atoms with Crippen LogP contribution in [0, 0.1) is 0 Å². The van der Waals surface area contributed by atoms with Crippen LogP contribution in [0.1, 0.15) is 45.1 Å². The number of aliphatic hydroxyl groups is 1. The predicted octanol–water partition coefficient (Wildman–Crippen LogP) is 2.54. The van der Waals surface area contributed by atoms with E-state index in [1.165, 1.54) is 46.6 Å². The van der Waals surface area contributed by atoms with Crippen LogP contribution < -0.4 is 20.3 Å². The molecule has 4 heterocycles. The molecule has 1 saturated carbocycles. The van der Waals surface area contributed by atoms with E-state index in [1.807, 2.05) is 0 Å². The van der Waals surface area contributed by atoms with Crippen molar-refractivity contribution in [2.75, 3.05) is 25.5 Å². The minimum atomic E-state index is -3.81. The molecule has 3 aromatic rings. The van der Waals surface area contributed by atoms with Crippen molar-refractivity contribution in [1.82, 2.24) is 23.8 Å². The summed E-state index contributed by atoms with van der Waals surface area (Å²) in [4.78, 5) is 26.0. The van der Waals surface area contributed by atoms with Crippen molar-refractivity contribution in [2.45, 2.75) is 68.2 Å². The monoisotopic (exact) mass is 580 g/mol. The number of nitrogens with one attached hydrogen (secondary N) is 1. The Kier molecular flexibility index (Phi) is 7.63. The average molecular weight is 581 g/mol. The summed E-state index contributed by atoms with van der Waals surface area (Å²) in [6.07, 6.45) is 5.31. The molecule has 0 bridgehead atoms. The first kappa shape index (κ1) is 28.1. The maximum absolute atomic E-state index is 13.2. The summed E-state index contributed by atoms with van der Waals surface area (Å²) in [5.41, 5.74) is -1.87. The lowest BCUT2D eigenvalue weighted by Gasteiger charge is -2.32. The molecule has 0 amide bonds. The minimum absolute atomic E-state index is 0.00210. The van der Waals surface area contributed by atoms with Crippen molar-refractivity contribution in [2.24, 2.45) is 0 Å². The molecule has 40 heavy (non-hydrogen) atoms. The maximum atomic E-state index is 13.2. The van der Waals surface area contributed by atoms with E-state index >= 15 is 0 Å². The highest BCUT2D eigenvalue weighted by atomic mass is 32.2. The molecule has 2 aliphatic rings. The molecule has 2 N–H and O–H groups in total. The van der Waals surface area contributed by atoms with Gasteiger partial charge in [0.15, 0.2) is 5.75 Å². The van der Waals surface area contributed by atoms with Crippen LogP contribution in [0.5, 0.6) is 11.6 Å². The van der Waals surface area contributed by atoms with Crippen molar-refractivity contribution in [3.05, 3.63) is 40.9 Å². The third-order valence-electron chi connectivity index (χ3n) is 7.48. The molecule has 3 aromatic heterocycles. The van der Waals surface area contributed by atoms with Crippen molar-refractivity contribution < 1.29 is 31.8 Å². The van der Waals surface area contributed by atoms with Gasteiger partial charge in [0.25, 0.3) is 5.56 Å². The topological polar surface area (TPSA) is 149 Å². The summed E-state index contributed by atoms with van der Waals surface area (Å²) < 4.78 is 64.6. The second-order valence-electron chi connectivity index (χ2n) is 10.1. The number of pyridine rings is 2. The Bertz CT molecular complexity index is 1560. The molecule has 216 valence electrons. The second-order valence-corrected chi connectivity index (χ2v) is 12.0. The van der Waals surface area contributed by atoms with Gasteiger partial charge in [0.1, 0.15) is 10.5 Å². The van der Waals surface area contributed by atoms with Gasteiger partial charge in [0.2, 0.25) is 21.9 Å². The third-order valence-corrected chi connectivity index (χ3v) is 9.39. The van der Waals surface area contributed by atoms with Gasteiger partial charge < -0.3 is 19.9 Å². The molecule has 2 atom stereocenters. The van der Waals surface area contributed by atoms with Crippen LogP contribution >= 0.6 is 0 Å². The molecule has 1 saturated heterocycles. The van der Waals surface area contributed by atoms with E-state index in [1.54, 1.807) is 6.92 Å². The number of hydrogen-bond acceptors (Lipinski definition) is 10. The molecule has 2 fully saturated rings. The zero-order valence-electron chi connectivity index (χ0n) is 22.0. The Morgan fingerprint density at radius 3 is 2.62 bits per heavy atom. The molecule has 0 unspecified atom stereocenters. The van der Waals surface area contributed by atoms with Crippen LogP contribution in [-0.2, 0) is 10.0 Å². The summed E-state index contributed by atoms with van der Waals surface area (Å²) in [7, 11) is -2.45. The van der Waals surface area contributed by atoms with Crippen molar-refractivity contribution in [1.29, 1.82) is 0 Å². The SMILES string of the molecule is COc1ncccc1S(=O)(=O)N1CCC(Nc2ncc3cc(OC(F)F)c(=O)n([C@@H]4CCC[C@@]4(C)O)c3n2)CC1. The standard InChI is InChI=1S/C25H30F2N6O6S/c1-25(35)9-3-6-19(25)33-20-15(13-17(22(33)34)39-23(26)27)14-29-24(31-20)30-16-7-11-32(12-8-16)40(36,37)18-5-4-10-28-21(18)38-2/h4-5,10,13-14,16,19,23,35H,3,6-9,11-12H2,1-2H3,(H,29,30,31)/t19-,25-/m1/s1. The van der Waals surface area contributed by atoms with E-state index in [2.05, 4.69) is 25.0 Å². The zero-order chi connectivity index (χ0) is 28.7. The normalized spacial score (nSPS) is 22.6. The number of sulfonamides is 1. The number of halogens is 2. The van der Waals surface area contributed by atoms with E-state index in [0.29, 0.717) is 37.5 Å². The summed E-state index contributed by atoms with van der Waals surface area (Å²) in [6.45, 7) is -1.13. The quantitative estimate of drug-likeness (QED) is 0.407. The first-order valence-electron chi connectivity index (χ1n) is 12.9. The molecule has 5 rings (SSSR count). The smallest absolute Gasteiger partial charge is 0.387 e. The number of ether oxygens (including phenoxy) is 2. The summed E-state index contributed by atoms with van der Waals surface area (Å²) in [5, 5.41) is 14.4. The highest BCUT2D eigenvalue weighted by Gasteiger charge is 2.40. The number of fused-ring (bicyclic) bond motifs is 1. The first-order chi connectivity index (χ1) is 19.0. The van der Waals surface area contributed by atoms with Crippen LogP contribution in [0.3, 0.4) is 0 Å². The number of aromatic nitrogens is 4. The van der Waals surface area contributed by atoms with Crippen LogP contribution in [-0.4, -0.2) is 75.8 Å². The molecule has 1 aliphatic heterocycles. The van der Waals surface area contributed by atoms with E-state index in [-0.39, 0.29) is 41.5 Å². The largest absolute Gasteiger partial charge is 0.480 e. The lowest BCUT2D eigenvalue weighted by Crippen LogP contribution is -2.42. The van der Waals surface area contributed by atoms with E-state index in [0.717, 1.165) is 0 Å². The molecule has 15 heteroatoms. The maximum Gasteiger partial charge on any atom is 0.387 e. The Hall–Kier alpha value is -3.43. The van der Waals surface area contributed by atoms with Gasteiger partial charge in [-0.05, 0) is 57.2 Å². The summed E-state index contributed by atoms with van der Waals surface area (Å²) >= 11 is 0. The highest BCUT2D eigenvalue weighted by molar-refractivity contribution is 7.89. The fourth-order valence-electron chi connectivity index (χ4n) is 5.46. The number of nitrogens with zero attached hydrogens (tertiary/aromatic N) is 5. The van der Waals surface area contributed by atoms with Gasteiger partial charge >= 0.3 is 6.61 Å². The van der Waals surface area contributed by atoms with Crippen LogP contribution in [0.15, 0.2) is 40.3 Å². The molecule has 0 spiro atoms. The molecule has 0 radical (unpaired) electrons. The Balaban J connectivity index is 1.39. The third kappa shape index (κ3) is 5.32. The minimum Gasteiger partial charge on any atom is -0.480 e. The average Bonchev–Trinajstić information content (AvgIpc) is 3.27. The fraction of sp³-hybridized carbons (Fsp3) is 0.520. The van der Waals surface area contributed by atoms with Crippen molar-refractivity contribution >= 4 is 27.0 Å². The number of alkyl halides is 2. The molecular formula is C25H30F2N6O6S. The lowest BCUT2D eigenvalue weighted by atomic mass is 10.00. The number of hydrogen-bond donors (Lipinski definition) is 2. The number of piperidine rings is 1. The van der Waals surface area contributed by atoms with Gasteiger partial charge in [-0.15, -0.1) is 0 Å². The second kappa shape index (κ2) is 10.9. The van der Waals surface area contributed by atoms with E-state index < -0.39 is 39.6 Å². The van der Waals surface area contributed by atoms with E-state index in [9.17, 15) is 27.1 Å². The van der Waals surface area contributed by atoms with Crippen LogP contribution in [0.2, 0.25) is 0 Å². The molecular weight excluding hydrogens is 550 g/mol. The first-order valence-corrected chi connectivity index (χ1v) is 14.3. The summed E-state index contributed by atoms with van der Waals surface area (Å²) in [5.74, 6) is -0.328. The number of methoxy groups -OCH3 is 1. The van der Waals surface area contributed by atoms with Crippen molar-refractivity contribution in [3.63, 3.8) is 0 Å². The molecule has 0 aromatic carbocycles. The zero-order valence-corrected chi connectivity index (χ0v) is 22.8.